The minimum absolute atomic E-state index is 0.0982. The van der Waals surface area contributed by atoms with Gasteiger partial charge in [0.05, 0.1) is 6.10 Å². The van der Waals surface area contributed by atoms with Gasteiger partial charge in [-0.2, -0.15) is 13.2 Å². The molecule has 0 N–H and O–H groups in total. The van der Waals surface area contributed by atoms with Crippen molar-refractivity contribution in [2.45, 2.75) is 33.1 Å². The molecule has 0 bridgehead atoms. The first-order chi connectivity index (χ1) is 5.75. The summed E-state index contributed by atoms with van der Waals surface area (Å²) in [5, 5.41) is 0. The molecule has 0 heterocycles. The monoisotopic (exact) mass is 198 g/mol. The van der Waals surface area contributed by atoms with Crippen molar-refractivity contribution in [3.8, 4) is 0 Å². The molecule has 0 fully saturated rings. The van der Waals surface area contributed by atoms with E-state index in [-0.39, 0.29) is 12.0 Å². The standard InChI is InChI=1S/C8H13F3O2/c1-5(2)6(3)13-4-7(12)8(9,10)11/h5-6H,4H2,1-3H3/t6-/m1/s1. The zero-order chi connectivity index (χ0) is 10.6. The number of Topliss-reactive ketones (excluding diaryl/α,β-unsaturated/α-hetero) is 1. The van der Waals surface area contributed by atoms with Crippen LogP contribution in [0.15, 0.2) is 0 Å². The minimum Gasteiger partial charge on any atom is -0.370 e. The third kappa shape index (κ3) is 4.87. The number of carbonyl (C=O) groups excluding carboxylic acids is 1. The second-order valence-corrected chi connectivity index (χ2v) is 3.18. The summed E-state index contributed by atoms with van der Waals surface area (Å²) in [5.74, 6) is -1.74. The molecule has 0 saturated heterocycles. The van der Waals surface area contributed by atoms with Crippen molar-refractivity contribution >= 4 is 5.78 Å². The molecular formula is C8H13F3O2. The number of carbonyl (C=O) groups is 1. The Labute approximate surface area is 75.1 Å². The Bertz CT molecular complexity index is 175. The van der Waals surface area contributed by atoms with E-state index in [2.05, 4.69) is 0 Å². The minimum atomic E-state index is -4.78. The zero-order valence-corrected chi connectivity index (χ0v) is 7.81. The number of rotatable bonds is 4. The first-order valence-corrected chi connectivity index (χ1v) is 3.96. The van der Waals surface area contributed by atoms with Gasteiger partial charge in [-0.3, -0.25) is 4.79 Å². The van der Waals surface area contributed by atoms with Gasteiger partial charge in [0.1, 0.15) is 6.61 Å². The van der Waals surface area contributed by atoms with E-state index in [0.717, 1.165) is 0 Å². The van der Waals surface area contributed by atoms with Crippen LogP contribution < -0.4 is 0 Å². The normalized spacial score (nSPS) is 14.7. The topological polar surface area (TPSA) is 26.3 Å². The second kappa shape index (κ2) is 4.60. The maximum absolute atomic E-state index is 11.7. The maximum Gasteiger partial charge on any atom is 0.452 e. The number of alkyl halides is 3. The van der Waals surface area contributed by atoms with E-state index < -0.39 is 18.6 Å². The van der Waals surface area contributed by atoms with E-state index in [1.807, 2.05) is 13.8 Å². The highest BCUT2D eigenvalue weighted by Crippen LogP contribution is 2.16. The van der Waals surface area contributed by atoms with Crippen LogP contribution in [0.4, 0.5) is 13.2 Å². The van der Waals surface area contributed by atoms with Gasteiger partial charge in [0.2, 0.25) is 0 Å². The largest absolute Gasteiger partial charge is 0.452 e. The number of ether oxygens (including phenoxy) is 1. The Morgan fingerprint density at radius 2 is 1.77 bits per heavy atom. The molecule has 0 aromatic rings. The molecule has 0 aliphatic carbocycles. The smallest absolute Gasteiger partial charge is 0.370 e. The number of hydrogen-bond acceptors (Lipinski definition) is 2. The van der Waals surface area contributed by atoms with Crippen molar-refractivity contribution in [2.75, 3.05) is 6.61 Å². The highest BCUT2D eigenvalue weighted by Gasteiger charge is 2.38. The summed E-state index contributed by atoms with van der Waals surface area (Å²) in [6.45, 7) is 4.36. The first kappa shape index (κ1) is 12.4. The average Bonchev–Trinajstić information content (AvgIpc) is 1.97. The van der Waals surface area contributed by atoms with Crippen LogP contribution in [0.3, 0.4) is 0 Å². The highest BCUT2D eigenvalue weighted by atomic mass is 19.4. The summed E-state index contributed by atoms with van der Waals surface area (Å²) < 4.78 is 39.7. The second-order valence-electron chi connectivity index (χ2n) is 3.18. The van der Waals surface area contributed by atoms with Gasteiger partial charge in [0, 0.05) is 0 Å². The van der Waals surface area contributed by atoms with E-state index in [4.69, 9.17) is 4.74 Å². The molecule has 1 atom stereocenters. The third-order valence-electron chi connectivity index (χ3n) is 1.73. The molecule has 0 saturated carbocycles. The van der Waals surface area contributed by atoms with Gasteiger partial charge in [-0.15, -0.1) is 0 Å². The van der Waals surface area contributed by atoms with Crippen LogP contribution in [-0.4, -0.2) is 24.7 Å². The van der Waals surface area contributed by atoms with E-state index in [1.165, 1.54) is 0 Å². The number of ketones is 1. The van der Waals surface area contributed by atoms with Gasteiger partial charge in [0.25, 0.3) is 5.78 Å². The summed E-state index contributed by atoms with van der Waals surface area (Å²) in [5.41, 5.74) is 0. The van der Waals surface area contributed by atoms with Gasteiger partial charge in [-0.25, -0.2) is 0 Å². The molecule has 0 aromatic heterocycles. The molecule has 0 rings (SSSR count). The molecule has 0 aliphatic heterocycles. The van der Waals surface area contributed by atoms with Crippen molar-refractivity contribution < 1.29 is 22.7 Å². The van der Waals surface area contributed by atoms with Crippen LogP contribution in [0, 0.1) is 5.92 Å². The first-order valence-electron chi connectivity index (χ1n) is 3.96. The molecule has 78 valence electrons. The van der Waals surface area contributed by atoms with Gasteiger partial charge in [-0.1, -0.05) is 13.8 Å². The van der Waals surface area contributed by atoms with Crippen molar-refractivity contribution in [2.24, 2.45) is 5.92 Å². The van der Waals surface area contributed by atoms with Crippen molar-refractivity contribution in [3.05, 3.63) is 0 Å². The summed E-state index contributed by atoms with van der Waals surface area (Å²) in [4.78, 5) is 10.3. The van der Waals surface area contributed by atoms with E-state index in [0.29, 0.717) is 0 Å². The summed E-state index contributed by atoms with van der Waals surface area (Å²) in [6.07, 6.45) is -5.12. The zero-order valence-electron chi connectivity index (χ0n) is 7.81. The van der Waals surface area contributed by atoms with Crippen molar-refractivity contribution in [3.63, 3.8) is 0 Å². The van der Waals surface area contributed by atoms with Gasteiger partial charge >= 0.3 is 6.18 Å². The van der Waals surface area contributed by atoms with Gasteiger partial charge < -0.3 is 4.74 Å². The lowest BCUT2D eigenvalue weighted by Crippen LogP contribution is -2.30. The Morgan fingerprint density at radius 1 is 1.31 bits per heavy atom. The molecule has 5 heteroatoms. The van der Waals surface area contributed by atoms with Crippen molar-refractivity contribution in [1.29, 1.82) is 0 Å². The number of hydrogen-bond donors (Lipinski definition) is 0. The van der Waals surface area contributed by atoms with Crippen LogP contribution in [0.2, 0.25) is 0 Å². The van der Waals surface area contributed by atoms with Crippen LogP contribution in [-0.2, 0) is 9.53 Å². The molecule has 0 radical (unpaired) electrons. The molecule has 0 unspecified atom stereocenters. The molecule has 0 aliphatic rings. The SMILES string of the molecule is CC(C)[C@@H](C)OCC(=O)C(F)(F)F. The third-order valence-corrected chi connectivity index (χ3v) is 1.73. The van der Waals surface area contributed by atoms with Crippen LogP contribution >= 0.6 is 0 Å². The fourth-order valence-corrected chi connectivity index (χ4v) is 0.481. The maximum atomic E-state index is 11.7. The molecule has 13 heavy (non-hydrogen) atoms. The Hall–Kier alpha value is -0.580. The highest BCUT2D eigenvalue weighted by molar-refractivity contribution is 5.85. The van der Waals surface area contributed by atoms with Crippen LogP contribution in [0.1, 0.15) is 20.8 Å². The van der Waals surface area contributed by atoms with Crippen LogP contribution in [0.5, 0.6) is 0 Å². The average molecular weight is 198 g/mol. The quantitative estimate of drug-likeness (QED) is 0.692. The van der Waals surface area contributed by atoms with Gasteiger partial charge in [-0.05, 0) is 12.8 Å². The summed E-state index contributed by atoms with van der Waals surface area (Å²) >= 11 is 0. The lowest BCUT2D eigenvalue weighted by Gasteiger charge is -2.16. The van der Waals surface area contributed by atoms with E-state index >= 15 is 0 Å². The fraction of sp³-hybridized carbons (Fsp3) is 0.875. The lowest BCUT2D eigenvalue weighted by molar-refractivity contribution is -0.177. The summed E-state index contributed by atoms with van der Waals surface area (Å²) in [6, 6.07) is 0. The molecule has 0 aromatic carbocycles. The molecular weight excluding hydrogens is 185 g/mol. The fourth-order valence-electron chi connectivity index (χ4n) is 0.481. The predicted octanol–water partition coefficient (Wildman–Crippen LogP) is 2.18. The molecule has 0 amide bonds. The predicted molar refractivity (Wildman–Crippen MR) is 41.3 cm³/mol. The van der Waals surface area contributed by atoms with Gasteiger partial charge in [0.15, 0.2) is 0 Å². The molecule has 0 spiro atoms. The van der Waals surface area contributed by atoms with Crippen molar-refractivity contribution in [1.82, 2.24) is 0 Å². The lowest BCUT2D eigenvalue weighted by atomic mass is 10.1. The Balaban J connectivity index is 3.84. The van der Waals surface area contributed by atoms with Crippen LogP contribution in [0.25, 0.3) is 0 Å². The Morgan fingerprint density at radius 3 is 2.08 bits per heavy atom. The molecule has 2 nitrogen and oxygen atoms in total. The van der Waals surface area contributed by atoms with E-state index in [9.17, 15) is 18.0 Å². The summed E-state index contributed by atoms with van der Waals surface area (Å²) in [7, 11) is 0. The number of halogens is 3. The van der Waals surface area contributed by atoms with E-state index in [1.54, 1.807) is 6.92 Å². The Kier molecular flexibility index (Phi) is 4.39.